The molecule has 0 unspecified atom stereocenters. The van der Waals surface area contributed by atoms with Gasteiger partial charge in [0.1, 0.15) is 30.1 Å². The number of aliphatic hydroxyl groups is 4. The number of halogens is 3. The molecule has 0 bridgehead atoms. The van der Waals surface area contributed by atoms with Crippen LogP contribution in [0, 0.1) is 0 Å². The molecule has 1 aromatic heterocycles. The van der Waals surface area contributed by atoms with Crippen LogP contribution in [0.1, 0.15) is 11.8 Å². The van der Waals surface area contributed by atoms with E-state index in [1.54, 1.807) is 0 Å². The highest BCUT2D eigenvalue weighted by molar-refractivity contribution is 5.58. The van der Waals surface area contributed by atoms with Crippen molar-refractivity contribution in [1.29, 1.82) is 0 Å². The summed E-state index contributed by atoms with van der Waals surface area (Å²) in [6, 6.07) is 4.26. The van der Waals surface area contributed by atoms with E-state index in [1.807, 2.05) is 0 Å². The first-order valence-corrected chi connectivity index (χ1v) is 7.62. The Kier molecular flexibility index (Phi) is 4.99. The first-order valence-electron chi connectivity index (χ1n) is 7.62. The summed E-state index contributed by atoms with van der Waals surface area (Å²) in [6.07, 6.45) is -10.1. The summed E-state index contributed by atoms with van der Waals surface area (Å²) in [5.74, 6) is 0. The predicted molar refractivity (Wildman–Crippen MR) is 79.5 cm³/mol. The molecule has 3 rings (SSSR count). The van der Waals surface area contributed by atoms with E-state index in [9.17, 15) is 33.6 Å². The van der Waals surface area contributed by atoms with Gasteiger partial charge in [0.15, 0.2) is 6.23 Å². The van der Waals surface area contributed by atoms with Crippen molar-refractivity contribution < 1.29 is 38.3 Å². The molecule has 26 heavy (non-hydrogen) atoms. The lowest BCUT2D eigenvalue weighted by atomic mass is 9.98. The number of rotatable bonds is 3. The highest BCUT2D eigenvalue weighted by Gasteiger charge is 2.44. The molecule has 2 heterocycles. The lowest BCUT2D eigenvalue weighted by Crippen LogP contribution is -2.56. The van der Waals surface area contributed by atoms with Gasteiger partial charge in [-0.1, -0.05) is 17.3 Å². The van der Waals surface area contributed by atoms with Gasteiger partial charge in [0.25, 0.3) is 0 Å². The number of aromatic nitrogens is 3. The van der Waals surface area contributed by atoms with Crippen molar-refractivity contribution in [3.63, 3.8) is 0 Å². The molecule has 0 spiro atoms. The summed E-state index contributed by atoms with van der Waals surface area (Å²) in [6.45, 7) is -0.595. The van der Waals surface area contributed by atoms with Crippen LogP contribution in [0.25, 0.3) is 11.3 Å². The van der Waals surface area contributed by atoms with Crippen LogP contribution in [-0.4, -0.2) is 66.4 Å². The molecule has 1 aromatic carbocycles. The van der Waals surface area contributed by atoms with Crippen LogP contribution < -0.4 is 0 Å². The Bertz CT molecular complexity index is 750. The maximum atomic E-state index is 12.6. The van der Waals surface area contributed by atoms with Crippen molar-refractivity contribution in [3.8, 4) is 11.3 Å². The Morgan fingerprint density at radius 1 is 1.04 bits per heavy atom. The number of nitrogens with zero attached hydrogens (tertiary/aromatic N) is 3. The zero-order valence-corrected chi connectivity index (χ0v) is 13.2. The van der Waals surface area contributed by atoms with Gasteiger partial charge in [-0.25, -0.2) is 4.68 Å². The zero-order valence-electron chi connectivity index (χ0n) is 13.2. The summed E-state index contributed by atoms with van der Waals surface area (Å²) in [5.41, 5.74) is -0.230. The molecule has 0 saturated carbocycles. The smallest absolute Gasteiger partial charge is 0.394 e. The van der Waals surface area contributed by atoms with Crippen molar-refractivity contribution in [3.05, 3.63) is 36.0 Å². The second-order valence-corrected chi connectivity index (χ2v) is 5.88. The van der Waals surface area contributed by atoms with Crippen LogP contribution in [0.15, 0.2) is 30.5 Å². The van der Waals surface area contributed by atoms with Gasteiger partial charge in [0.2, 0.25) is 0 Å². The van der Waals surface area contributed by atoms with Crippen LogP contribution in [0.2, 0.25) is 0 Å². The molecule has 5 atom stereocenters. The Hall–Kier alpha value is -2.05. The van der Waals surface area contributed by atoms with E-state index in [2.05, 4.69) is 10.3 Å². The number of aliphatic hydroxyl groups excluding tert-OH is 4. The molecular weight excluding hydrogens is 359 g/mol. The zero-order chi connectivity index (χ0) is 19.1. The number of ether oxygens (including phenoxy) is 1. The molecule has 0 amide bonds. The van der Waals surface area contributed by atoms with Gasteiger partial charge in [-0.2, -0.15) is 13.2 Å². The number of hydrogen-bond acceptors (Lipinski definition) is 7. The van der Waals surface area contributed by atoms with Crippen LogP contribution in [0.5, 0.6) is 0 Å². The molecular formula is C15H16F3N3O5. The third kappa shape index (κ3) is 3.44. The first kappa shape index (κ1) is 18.7. The molecule has 142 valence electrons. The number of hydrogen-bond donors (Lipinski definition) is 4. The van der Waals surface area contributed by atoms with E-state index in [0.29, 0.717) is 5.56 Å². The van der Waals surface area contributed by atoms with Crippen LogP contribution in [-0.2, 0) is 10.9 Å². The standard InChI is InChI=1S/C15H16F3N3O5/c16-15(17,18)8-3-1-7(2-4-8)9-5-21(20-19-9)14-13(25)12(24)11(23)10(6-22)26-14/h1-5,10-14,22-25H,6H2/t10-,11-,12+,13+,14+/m1/s1. The minimum absolute atomic E-state index is 0.218. The number of alkyl halides is 3. The van der Waals surface area contributed by atoms with E-state index in [4.69, 9.17) is 4.74 Å². The molecule has 8 nitrogen and oxygen atoms in total. The van der Waals surface area contributed by atoms with Crippen molar-refractivity contribution >= 4 is 0 Å². The quantitative estimate of drug-likeness (QED) is 0.593. The fourth-order valence-corrected chi connectivity index (χ4v) is 2.66. The third-order valence-corrected chi connectivity index (χ3v) is 4.15. The highest BCUT2D eigenvalue weighted by Crippen LogP contribution is 2.31. The maximum Gasteiger partial charge on any atom is 0.416 e. The monoisotopic (exact) mass is 375 g/mol. The van der Waals surface area contributed by atoms with Gasteiger partial charge in [-0.05, 0) is 12.1 Å². The minimum Gasteiger partial charge on any atom is -0.394 e. The highest BCUT2D eigenvalue weighted by atomic mass is 19.4. The molecule has 11 heteroatoms. The van der Waals surface area contributed by atoms with Gasteiger partial charge < -0.3 is 25.2 Å². The molecule has 1 saturated heterocycles. The average molecular weight is 375 g/mol. The van der Waals surface area contributed by atoms with Gasteiger partial charge >= 0.3 is 6.18 Å². The average Bonchev–Trinajstić information content (AvgIpc) is 3.09. The van der Waals surface area contributed by atoms with E-state index >= 15 is 0 Å². The first-order chi connectivity index (χ1) is 12.2. The Morgan fingerprint density at radius 3 is 2.27 bits per heavy atom. The second kappa shape index (κ2) is 6.93. The van der Waals surface area contributed by atoms with Gasteiger partial charge in [0.05, 0.1) is 18.4 Å². The van der Waals surface area contributed by atoms with E-state index in [0.717, 1.165) is 16.8 Å². The third-order valence-electron chi connectivity index (χ3n) is 4.15. The normalized spacial score (nSPS) is 29.7. The summed E-state index contributed by atoms with van der Waals surface area (Å²) in [7, 11) is 0. The molecule has 1 aliphatic heterocycles. The molecule has 4 N–H and O–H groups in total. The fraction of sp³-hybridized carbons (Fsp3) is 0.467. The summed E-state index contributed by atoms with van der Waals surface area (Å²) >= 11 is 0. The van der Waals surface area contributed by atoms with Crippen LogP contribution in [0.3, 0.4) is 0 Å². The number of benzene rings is 1. The summed E-state index contributed by atoms with van der Waals surface area (Å²) < 4.78 is 44.2. The largest absolute Gasteiger partial charge is 0.416 e. The predicted octanol–water partition coefficient (Wildman–Crippen LogP) is -0.0637. The Balaban J connectivity index is 1.83. The van der Waals surface area contributed by atoms with Gasteiger partial charge in [-0.3, -0.25) is 0 Å². The molecule has 0 radical (unpaired) electrons. The fourth-order valence-electron chi connectivity index (χ4n) is 2.66. The molecule has 0 aliphatic carbocycles. The van der Waals surface area contributed by atoms with Crippen molar-refractivity contribution in [1.82, 2.24) is 15.0 Å². The SMILES string of the molecule is OC[C@H]1O[C@H](n2cc(-c3ccc(C(F)(F)F)cc3)nn2)[C@@H](O)[C@@H](O)[C@@H]1O. The lowest BCUT2D eigenvalue weighted by molar-refractivity contribution is -0.254. The minimum atomic E-state index is -4.45. The second-order valence-electron chi connectivity index (χ2n) is 5.88. The molecule has 1 fully saturated rings. The Morgan fingerprint density at radius 2 is 1.69 bits per heavy atom. The molecule has 1 aliphatic rings. The van der Waals surface area contributed by atoms with Crippen molar-refractivity contribution in [2.24, 2.45) is 0 Å². The maximum absolute atomic E-state index is 12.6. The van der Waals surface area contributed by atoms with Gasteiger partial charge in [-0.15, -0.1) is 5.10 Å². The van der Waals surface area contributed by atoms with Crippen LogP contribution in [0.4, 0.5) is 13.2 Å². The van der Waals surface area contributed by atoms with E-state index in [1.165, 1.54) is 18.3 Å². The van der Waals surface area contributed by atoms with Gasteiger partial charge in [0, 0.05) is 5.56 Å². The van der Waals surface area contributed by atoms with E-state index in [-0.39, 0.29) is 5.69 Å². The van der Waals surface area contributed by atoms with Crippen LogP contribution >= 0.6 is 0 Å². The van der Waals surface area contributed by atoms with E-state index < -0.39 is 49.0 Å². The topological polar surface area (TPSA) is 121 Å². The summed E-state index contributed by atoms with van der Waals surface area (Å²) in [5, 5.41) is 46.4. The lowest BCUT2D eigenvalue weighted by Gasteiger charge is -2.39. The van der Waals surface area contributed by atoms with Crippen molar-refractivity contribution in [2.75, 3.05) is 6.61 Å². The summed E-state index contributed by atoms with van der Waals surface area (Å²) in [4.78, 5) is 0. The molecule has 2 aromatic rings. The van der Waals surface area contributed by atoms with Crippen molar-refractivity contribution in [2.45, 2.75) is 36.8 Å². The Labute approximate surface area is 145 Å².